The summed E-state index contributed by atoms with van der Waals surface area (Å²) in [6.07, 6.45) is 0. The van der Waals surface area contributed by atoms with Gasteiger partial charge in [0.1, 0.15) is 6.54 Å². The van der Waals surface area contributed by atoms with Gasteiger partial charge in [-0.1, -0.05) is 48.5 Å². The molecule has 1 heterocycles. The summed E-state index contributed by atoms with van der Waals surface area (Å²) in [5.41, 5.74) is 3.01. The molecule has 32 heavy (non-hydrogen) atoms. The normalized spacial score (nSPS) is 11.5. The van der Waals surface area contributed by atoms with Crippen LogP contribution in [0.5, 0.6) is 0 Å². The molecule has 8 heteroatoms. The predicted molar refractivity (Wildman–Crippen MR) is 130 cm³/mol. The molecule has 0 bridgehead atoms. The number of hydrogen-bond donors (Lipinski definition) is 1. The lowest BCUT2D eigenvalue weighted by Gasteiger charge is -2.26. The number of benzene rings is 3. The zero-order valence-corrected chi connectivity index (χ0v) is 19.6. The second kappa shape index (κ2) is 8.72. The molecule has 0 aliphatic heterocycles. The van der Waals surface area contributed by atoms with Gasteiger partial charge in [0.15, 0.2) is 5.13 Å². The summed E-state index contributed by atoms with van der Waals surface area (Å²) < 4.78 is 29.1. The van der Waals surface area contributed by atoms with E-state index in [0.29, 0.717) is 16.2 Å². The number of carbonyl (C=O) groups is 1. The van der Waals surface area contributed by atoms with Crippen molar-refractivity contribution >= 4 is 48.9 Å². The Hall–Kier alpha value is -3.23. The van der Waals surface area contributed by atoms with Crippen LogP contribution in [-0.4, -0.2) is 25.9 Å². The molecule has 0 atom stereocenters. The van der Waals surface area contributed by atoms with Crippen molar-refractivity contribution < 1.29 is 13.2 Å². The molecule has 1 N–H and O–H groups in total. The fourth-order valence-electron chi connectivity index (χ4n) is 3.55. The Morgan fingerprint density at radius 2 is 1.72 bits per heavy atom. The Balaban J connectivity index is 1.81. The summed E-state index contributed by atoms with van der Waals surface area (Å²) in [5.74, 6) is -0.455. The van der Waals surface area contributed by atoms with Gasteiger partial charge in [-0.3, -0.25) is 9.10 Å². The van der Waals surface area contributed by atoms with Crippen molar-refractivity contribution in [2.75, 3.05) is 16.2 Å². The molecule has 4 rings (SSSR count). The maximum Gasteiger partial charge on any atom is 0.265 e. The van der Waals surface area contributed by atoms with Crippen molar-refractivity contribution in [2.24, 2.45) is 0 Å². The molecule has 0 spiro atoms. The van der Waals surface area contributed by atoms with Crippen LogP contribution in [0.2, 0.25) is 0 Å². The summed E-state index contributed by atoms with van der Waals surface area (Å²) in [6, 6.07) is 17.9. The van der Waals surface area contributed by atoms with E-state index in [0.717, 1.165) is 22.2 Å². The highest BCUT2D eigenvalue weighted by atomic mass is 32.2. The average Bonchev–Trinajstić information content (AvgIpc) is 3.18. The van der Waals surface area contributed by atoms with E-state index in [2.05, 4.69) is 10.3 Å². The van der Waals surface area contributed by atoms with Crippen LogP contribution in [0.4, 0.5) is 10.8 Å². The minimum absolute atomic E-state index is 0.161. The molecule has 1 amide bonds. The number of amides is 1. The van der Waals surface area contributed by atoms with Crippen LogP contribution in [0.25, 0.3) is 10.8 Å². The summed E-state index contributed by atoms with van der Waals surface area (Å²) in [7, 11) is -4.05. The Morgan fingerprint density at radius 1 is 1.00 bits per heavy atom. The molecule has 3 aromatic carbocycles. The van der Waals surface area contributed by atoms with Gasteiger partial charge in [0.2, 0.25) is 5.91 Å². The van der Waals surface area contributed by atoms with Gasteiger partial charge in [0.25, 0.3) is 10.0 Å². The smallest absolute Gasteiger partial charge is 0.265 e. The predicted octanol–water partition coefficient (Wildman–Crippen LogP) is 5.06. The quantitative estimate of drug-likeness (QED) is 0.432. The SMILES string of the molecule is Cc1csc(NC(=O)CN(c2cccc(C)c2C)S(=O)(=O)c2cccc3ccccc23)n1. The van der Waals surface area contributed by atoms with E-state index < -0.39 is 15.9 Å². The summed E-state index contributed by atoms with van der Waals surface area (Å²) in [6.45, 7) is 5.24. The Labute approximate surface area is 191 Å². The number of rotatable bonds is 6. The van der Waals surface area contributed by atoms with E-state index in [1.54, 1.807) is 36.4 Å². The summed E-state index contributed by atoms with van der Waals surface area (Å²) in [5, 5.41) is 6.41. The highest BCUT2D eigenvalue weighted by Gasteiger charge is 2.30. The number of aryl methyl sites for hydroxylation is 2. The molecule has 0 unspecified atom stereocenters. The van der Waals surface area contributed by atoms with Crippen molar-refractivity contribution in [2.45, 2.75) is 25.7 Å². The fraction of sp³-hybridized carbons (Fsp3) is 0.167. The molecular weight excluding hydrogens is 442 g/mol. The molecule has 164 valence electrons. The number of nitrogens with zero attached hydrogens (tertiary/aromatic N) is 2. The van der Waals surface area contributed by atoms with Gasteiger partial charge in [-0.25, -0.2) is 13.4 Å². The standard InChI is InChI=1S/C24H23N3O3S2/c1-16-8-6-12-21(18(16)3)27(14-23(28)26-24-25-17(2)15-31-24)32(29,30)22-13-7-10-19-9-4-5-11-20(19)22/h4-13,15H,14H2,1-3H3,(H,25,26,28). The lowest BCUT2D eigenvalue weighted by molar-refractivity contribution is -0.114. The second-order valence-electron chi connectivity index (χ2n) is 7.55. The number of hydrogen-bond acceptors (Lipinski definition) is 5. The highest BCUT2D eigenvalue weighted by Crippen LogP contribution is 2.32. The zero-order valence-electron chi connectivity index (χ0n) is 18.0. The van der Waals surface area contributed by atoms with Crippen molar-refractivity contribution in [3.05, 3.63) is 82.9 Å². The largest absolute Gasteiger partial charge is 0.300 e. The molecule has 6 nitrogen and oxygen atoms in total. The summed E-state index contributed by atoms with van der Waals surface area (Å²) in [4.78, 5) is 17.3. The number of fused-ring (bicyclic) bond motifs is 1. The first-order valence-corrected chi connectivity index (χ1v) is 12.4. The number of nitrogens with one attached hydrogen (secondary N) is 1. The molecule has 0 radical (unpaired) electrons. The lowest BCUT2D eigenvalue weighted by Crippen LogP contribution is -2.38. The minimum atomic E-state index is -4.05. The van der Waals surface area contributed by atoms with Crippen LogP contribution in [-0.2, 0) is 14.8 Å². The monoisotopic (exact) mass is 465 g/mol. The molecule has 0 aliphatic rings. The number of carbonyl (C=O) groups excluding carboxylic acids is 1. The third kappa shape index (κ3) is 4.24. The maximum atomic E-state index is 13.9. The molecule has 1 aromatic heterocycles. The van der Waals surface area contributed by atoms with E-state index in [9.17, 15) is 13.2 Å². The summed E-state index contributed by atoms with van der Waals surface area (Å²) >= 11 is 1.30. The van der Waals surface area contributed by atoms with E-state index in [1.807, 2.05) is 50.4 Å². The van der Waals surface area contributed by atoms with Gasteiger partial charge in [-0.05, 0) is 49.4 Å². The molecule has 0 aliphatic carbocycles. The van der Waals surface area contributed by atoms with Gasteiger partial charge in [-0.2, -0.15) is 0 Å². The average molecular weight is 466 g/mol. The van der Waals surface area contributed by atoms with Gasteiger partial charge < -0.3 is 5.32 Å². The van der Waals surface area contributed by atoms with Crippen molar-refractivity contribution in [1.29, 1.82) is 0 Å². The maximum absolute atomic E-state index is 13.9. The second-order valence-corrected chi connectivity index (χ2v) is 10.2. The first-order chi connectivity index (χ1) is 15.3. The van der Waals surface area contributed by atoms with Crippen LogP contribution >= 0.6 is 11.3 Å². The van der Waals surface area contributed by atoms with Gasteiger partial charge in [-0.15, -0.1) is 11.3 Å². The van der Waals surface area contributed by atoms with E-state index in [1.165, 1.54) is 15.6 Å². The lowest BCUT2D eigenvalue weighted by atomic mass is 10.1. The van der Waals surface area contributed by atoms with E-state index >= 15 is 0 Å². The van der Waals surface area contributed by atoms with Crippen molar-refractivity contribution in [3.63, 3.8) is 0 Å². The molecular formula is C24H23N3O3S2. The van der Waals surface area contributed by atoms with Gasteiger partial charge >= 0.3 is 0 Å². The van der Waals surface area contributed by atoms with E-state index in [-0.39, 0.29) is 11.4 Å². The third-order valence-corrected chi connectivity index (χ3v) is 8.01. The molecule has 0 saturated carbocycles. The number of aromatic nitrogens is 1. The van der Waals surface area contributed by atoms with Gasteiger partial charge in [0.05, 0.1) is 16.3 Å². The van der Waals surface area contributed by atoms with Crippen molar-refractivity contribution in [1.82, 2.24) is 4.98 Å². The van der Waals surface area contributed by atoms with Crippen LogP contribution in [0.15, 0.2) is 70.9 Å². The highest BCUT2D eigenvalue weighted by molar-refractivity contribution is 7.93. The van der Waals surface area contributed by atoms with Crippen LogP contribution in [0.3, 0.4) is 0 Å². The first-order valence-electron chi connectivity index (χ1n) is 10.1. The molecule has 0 fully saturated rings. The fourth-order valence-corrected chi connectivity index (χ4v) is 5.95. The number of sulfonamides is 1. The molecule has 0 saturated heterocycles. The minimum Gasteiger partial charge on any atom is -0.300 e. The van der Waals surface area contributed by atoms with Crippen LogP contribution in [0.1, 0.15) is 16.8 Å². The number of anilines is 2. The topological polar surface area (TPSA) is 79.4 Å². The van der Waals surface area contributed by atoms with Crippen LogP contribution in [0, 0.1) is 20.8 Å². The van der Waals surface area contributed by atoms with Gasteiger partial charge in [0, 0.05) is 10.8 Å². The Morgan fingerprint density at radius 3 is 2.47 bits per heavy atom. The molecule has 4 aromatic rings. The number of thiazole rings is 1. The first kappa shape index (κ1) is 22.0. The van der Waals surface area contributed by atoms with Crippen LogP contribution < -0.4 is 9.62 Å². The Kier molecular flexibility index (Phi) is 5.99. The Bertz CT molecular complexity index is 1410. The van der Waals surface area contributed by atoms with Crippen molar-refractivity contribution in [3.8, 4) is 0 Å². The van der Waals surface area contributed by atoms with E-state index in [4.69, 9.17) is 0 Å². The zero-order chi connectivity index (χ0) is 22.9. The third-order valence-electron chi connectivity index (χ3n) is 5.31.